The zero-order valence-corrected chi connectivity index (χ0v) is 8.33. The van der Waals surface area contributed by atoms with E-state index in [1.165, 1.54) is 19.3 Å². The Morgan fingerprint density at radius 3 is 2.08 bits per heavy atom. The van der Waals surface area contributed by atoms with Crippen molar-refractivity contribution in [1.29, 1.82) is 0 Å². The minimum Gasteiger partial charge on any atom is -0.480 e. The molecule has 0 bridgehead atoms. The van der Waals surface area contributed by atoms with Crippen LogP contribution < -0.4 is 0 Å². The lowest BCUT2D eigenvalue weighted by Gasteiger charge is -2.27. The van der Waals surface area contributed by atoms with Gasteiger partial charge in [-0.3, -0.25) is 9.69 Å². The van der Waals surface area contributed by atoms with Crippen LogP contribution in [0.25, 0.3) is 0 Å². The minimum absolute atomic E-state index is 0.307. The van der Waals surface area contributed by atoms with Gasteiger partial charge in [-0.2, -0.15) is 0 Å². The molecule has 1 rings (SSSR count). The SMILES string of the molecule is CC(C(=O)O)N1CCCCCCC1. The number of carboxylic acid groups (broad SMARTS) is 1. The third-order valence-electron chi connectivity index (χ3n) is 2.80. The fourth-order valence-electron chi connectivity index (χ4n) is 1.82. The van der Waals surface area contributed by atoms with Gasteiger partial charge in [-0.15, -0.1) is 0 Å². The van der Waals surface area contributed by atoms with Gasteiger partial charge in [0, 0.05) is 0 Å². The summed E-state index contributed by atoms with van der Waals surface area (Å²) < 4.78 is 0. The van der Waals surface area contributed by atoms with Crippen LogP contribution in [0.2, 0.25) is 0 Å². The van der Waals surface area contributed by atoms with Gasteiger partial charge in [0.25, 0.3) is 0 Å². The monoisotopic (exact) mass is 185 g/mol. The summed E-state index contributed by atoms with van der Waals surface area (Å²) in [7, 11) is 0. The highest BCUT2D eigenvalue weighted by molar-refractivity contribution is 5.72. The molecule has 0 spiro atoms. The molecule has 0 radical (unpaired) electrons. The molecule has 0 amide bonds. The predicted molar refractivity (Wildman–Crippen MR) is 51.8 cm³/mol. The number of nitrogens with zero attached hydrogens (tertiary/aromatic N) is 1. The largest absolute Gasteiger partial charge is 0.480 e. The number of likely N-dealkylation sites (tertiary alicyclic amines) is 1. The number of carboxylic acids is 1. The number of carbonyl (C=O) groups is 1. The van der Waals surface area contributed by atoms with Gasteiger partial charge >= 0.3 is 5.97 Å². The van der Waals surface area contributed by atoms with Crippen LogP contribution in [0.1, 0.15) is 39.0 Å². The highest BCUT2D eigenvalue weighted by Gasteiger charge is 2.20. The van der Waals surface area contributed by atoms with Crippen LogP contribution in [0.4, 0.5) is 0 Å². The van der Waals surface area contributed by atoms with Gasteiger partial charge in [0.2, 0.25) is 0 Å². The van der Waals surface area contributed by atoms with Crippen molar-refractivity contribution in [2.75, 3.05) is 13.1 Å². The van der Waals surface area contributed by atoms with E-state index in [1.54, 1.807) is 6.92 Å². The summed E-state index contributed by atoms with van der Waals surface area (Å²) in [5.74, 6) is -0.694. The first kappa shape index (κ1) is 10.5. The molecule has 1 atom stereocenters. The van der Waals surface area contributed by atoms with Crippen molar-refractivity contribution in [3.8, 4) is 0 Å². The highest BCUT2D eigenvalue weighted by Crippen LogP contribution is 2.12. The maximum Gasteiger partial charge on any atom is 0.320 e. The molecule has 1 fully saturated rings. The molecule has 0 aromatic carbocycles. The molecule has 1 N–H and O–H groups in total. The van der Waals surface area contributed by atoms with E-state index in [0.717, 1.165) is 25.9 Å². The van der Waals surface area contributed by atoms with Crippen LogP contribution in [-0.4, -0.2) is 35.1 Å². The Morgan fingerprint density at radius 2 is 1.62 bits per heavy atom. The molecule has 0 aromatic rings. The van der Waals surface area contributed by atoms with Crippen LogP contribution in [0.5, 0.6) is 0 Å². The fraction of sp³-hybridized carbons (Fsp3) is 0.900. The van der Waals surface area contributed by atoms with Crippen molar-refractivity contribution in [3.63, 3.8) is 0 Å². The zero-order valence-electron chi connectivity index (χ0n) is 8.33. The average molecular weight is 185 g/mol. The predicted octanol–water partition coefficient (Wildman–Crippen LogP) is 1.73. The lowest BCUT2D eigenvalue weighted by Crippen LogP contribution is -2.40. The van der Waals surface area contributed by atoms with Crippen molar-refractivity contribution in [2.24, 2.45) is 0 Å². The van der Waals surface area contributed by atoms with E-state index in [9.17, 15) is 4.79 Å². The van der Waals surface area contributed by atoms with Crippen LogP contribution in [0, 0.1) is 0 Å². The molecular formula is C10H19NO2. The summed E-state index contributed by atoms with van der Waals surface area (Å²) >= 11 is 0. The third-order valence-corrected chi connectivity index (χ3v) is 2.80. The number of hydrogen-bond acceptors (Lipinski definition) is 2. The molecule has 13 heavy (non-hydrogen) atoms. The highest BCUT2D eigenvalue weighted by atomic mass is 16.4. The van der Waals surface area contributed by atoms with E-state index in [4.69, 9.17) is 5.11 Å². The first-order chi connectivity index (χ1) is 6.22. The van der Waals surface area contributed by atoms with E-state index >= 15 is 0 Å². The maximum atomic E-state index is 10.8. The molecule has 1 aliphatic rings. The molecule has 0 aromatic heterocycles. The molecule has 0 aliphatic carbocycles. The Bertz CT molecular complexity index is 162. The van der Waals surface area contributed by atoms with Crippen molar-refractivity contribution in [1.82, 2.24) is 4.90 Å². The third kappa shape index (κ3) is 3.35. The zero-order chi connectivity index (χ0) is 9.68. The summed E-state index contributed by atoms with van der Waals surface area (Å²) in [6.45, 7) is 3.69. The van der Waals surface area contributed by atoms with Crippen molar-refractivity contribution < 1.29 is 9.90 Å². The van der Waals surface area contributed by atoms with E-state index in [-0.39, 0.29) is 6.04 Å². The Balaban J connectivity index is 2.40. The van der Waals surface area contributed by atoms with Crippen molar-refractivity contribution >= 4 is 5.97 Å². The van der Waals surface area contributed by atoms with Gasteiger partial charge in [-0.1, -0.05) is 19.3 Å². The molecule has 1 unspecified atom stereocenters. The van der Waals surface area contributed by atoms with Crippen molar-refractivity contribution in [3.05, 3.63) is 0 Å². The topological polar surface area (TPSA) is 40.5 Å². The molecule has 1 saturated heterocycles. The van der Waals surface area contributed by atoms with Gasteiger partial charge in [-0.25, -0.2) is 0 Å². The van der Waals surface area contributed by atoms with Gasteiger partial charge in [0.05, 0.1) is 0 Å². The summed E-state index contributed by atoms with van der Waals surface area (Å²) in [5, 5.41) is 8.85. The standard InChI is InChI=1S/C10H19NO2/c1-9(10(12)13)11-7-5-3-2-4-6-8-11/h9H,2-8H2,1H3,(H,12,13). The van der Waals surface area contributed by atoms with E-state index in [1.807, 2.05) is 0 Å². The normalized spacial score (nSPS) is 23.2. The second-order valence-electron chi connectivity index (χ2n) is 3.82. The number of aliphatic carboxylic acids is 1. The summed E-state index contributed by atoms with van der Waals surface area (Å²) in [6, 6.07) is -0.307. The second kappa shape index (κ2) is 5.22. The van der Waals surface area contributed by atoms with Crippen LogP contribution in [-0.2, 0) is 4.79 Å². The van der Waals surface area contributed by atoms with Crippen molar-refractivity contribution in [2.45, 2.75) is 45.1 Å². The van der Waals surface area contributed by atoms with E-state index < -0.39 is 5.97 Å². The molecule has 76 valence electrons. The lowest BCUT2D eigenvalue weighted by molar-refractivity contribution is -0.142. The first-order valence-corrected chi connectivity index (χ1v) is 5.18. The Morgan fingerprint density at radius 1 is 1.15 bits per heavy atom. The van der Waals surface area contributed by atoms with Gasteiger partial charge in [0.15, 0.2) is 0 Å². The average Bonchev–Trinajstić information content (AvgIpc) is 2.02. The Labute approximate surface area is 79.7 Å². The molecular weight excluding hydrogens is 166 g/mol. The number of rotatable bonds is 2. The fourth-order valence-corrected chi connectivity index (χ4v) is 1.82. The molecule has 0 saturated carbocycles. The molecule has 3 nitrogen and oxygen atoms in total. The van der Waals surface area contributed by atoms with Gasteiger partial charge in [-0.05, 0) is 32.9 Å². The molecule has 3 heteroatoms. The smallest absolute Gasteiger partial charge is 0.320 e. The molecule has 1 aliphatic heterocycles. The first-order valence-electron chi connectivity index (χ1n) is 5.18. The maximum absolute atomic E-state index is 10.8. The molecule has 1 heterocycles. The van der Waals surface area contributed by atoms with Crippen LogP contribution in [0.3, 0.4) is 0 Å². The van der Waals surface area contributed by atoms with E-state index in [2.05, 4.69) is 4.90 Å². The Kier molecular flexibility index (Phi) is 4.22. The van der Waals surface area contributed by atoms with Gasteiger partial charge < -0.3 is 5.11 Å². The van der Waals surface area contributed by atoms with Crippen LogP contribution >= 0.6 is 0 Å². The Hall–Kier alpha value is -0.570. The lowest BCUT2D eigenvalue weighted by atomic mass is 10.1. The van der Waals surface area contributed by atoms with E-state index in [0.29, 0.717) is 0 Å². The summed E-state index contributed by atoms with van der Waals surface area (Å²) in [5.41, 5.74) is 0. The minimum atomic E-state index is -0.694. The quantitative estimate of drug-likeness (QED) is 0.712. The number of hydrogen-bond donors (Lipinski definition) is 1. The summed E-state index contributed by atoms with van der Waals surface area (Å²) in [6.07, 6.45) is 6.12. The van der Waals surface area contributed by atoms with Crippen LogP contribution in [0.15, 0.2) is 0 Å². The summed E-state index contributed by atoms with van der Waals surface area (Å²) in [4.78, 5) is 12.8. The van der Waals surface area contributed by atoms with Gasteiger partial charge in [0.1, 0.15) is 6.04 Å². The second-order valence-corrected chi connectivity index (χ2v) is 3.82.